The molecule has 0 saturated heterocycles. The second-order valence-electron chi connectivity index (χ2n) is 2.68. The molecule has 142 valence electrons. The summed E-state index contributed by atoms with van der Waals surface area (Å²) in [6, 6.07) is 3.75. The number of nitrogens with zero attached hydrogens (tertiary/aromatic N) is 2. The highest BCUT2D eigenvalue weighted by Crippen LogP contribution is 1.65. The van der Waals surface area contributed by atoms with Crippen LogP contribution in [-0.2, 0) is 0 Å². The van der Waals surface area contributed by atoms with Gasteiger partial charge < -0.3 is 11.5 Å². The van der Waals surface area contributed by atoms with Gasteiger partial charge in [-0.2, -0.15) is 0 Å². The minimum absolute atomic E-state index is 0. The second kappa shape index (κ2) is 59.9. The van der Waals surface area contributed by atoms with Gasteiger partial charge in [0.05, 0.1) is 18.0 Å². The molecule has 0 amide bonds. The van der Waals surface area contributed by atoms with Crippen LogP contribution >= 0.6 is 0 Å². The summed E-state index contributed by atoms with van der Waals surface area (Å²) in [5.74, 6) is 0.570. The molecule has 0 aliphatic rings. The number of hydrogen-bond donors (Lipinski definition) is 9. The van der Waals surface area contributed by atoms with Crippen LogP contribution in [0.4, 0.5) is 0 Å². The average molecular weight is 346 g/mol. The van der Waals surface area contributed by atoms with Crippen LogP contribution in [-0.4, -0.2) is 43.5 Å². The van der Waals surface area contributed by atoms with E-state index in [0.29, 0.717) is 12.5 Å². The van der Waals surface area contributed by atoms with Crippen molar-refractivity contribution in [2.75, 3.05) is 13.6 Å². The van der Waals surface area contributed by atoms with Crippen LogP contribution in [0.5, 0.6) is 0 Å². The summed E-state index contributed by atoms with van der Waals surface area (Å²) in [5, 5.41) is 36.3. The van der Waals surface area contributed by atoms with Crippen LogP contribution in [0.15, 0.2) is 9.98 Å². The zero-order valence-electron chi connectivity index (χ0n) is 13.5. The van der Waals surface area contributed by atoms with E-state index in [-0.39, 0.29) is 20.8 Å². The van der Waals surface area contributed by atoms with Crippen molar-refractivity contribution < 1.29 is 0 Å². The van der Waals surface area contributed by atoms with Gasteiger partial charge in [-0.15, -0.1) is 0 Å². The quantitative estimate of drug-likeness (QED) is 0.257. The van der Waals surface area contributed by atoms with Crippen molar-refractivity contribution in [1.29, 1.82) is 32.5 Å². The van der Waals surface area contributed by atoms with E-state index in [1.165, 1.54) is 24.4 Å². The molecule has 0 rings (SSSR count). The molecule has 0 aromatic carbocycles. The lowest BCUT2D eigenvalue weighted by Gasteiger charge is -2.01. The van der Waals surface area contributed by atoms with Crippen LogP contribution < -0.4 is 16.8 Å². The zero-order chi connectivity index (χ0) is 18.8. The molecule has 0 atom stereocenters. The number of hydrogen-bond acceptors (Lipinski definition) is 8. The summed E-state index contributed by atoms with van der Waals surface area (Å²) >= 11 is 0. The van der Waals surface area contributed by atoms with Crippen molar-refractivity contribution in [2.24, 2.45) is 21.5 Å². The van der Waals surface area contributed by atoms with Gasteiger partial charge in [0.15, 0.2) is 11.9 Å². The molecule has 0 aliphatic carbocycles. The molecular formula is C13H35N11. The Hall–Kier alpha value is -3.12. The lowest BCUT2D eigenvalue weighted by molar-refractivity contribution is 1.08. The number of rotatable bonds is 1. The molecule has 0 bridgehead atoms. The number of aliphatic imine (C=N–C) groups is 2. The smallest absolute Gasteiger partial charge is 0.195 e. The maximum atomic E-state index is 5.62. The Labute approximate surface area is 145 Å². The summed E-state index contributed by atoms with van der Waals surface area (Å²) in [5.41, 5.74) is 10.6. The molecule has 24 heavy (non-hydrogen) atoms. The monoisotopic (exact) mass is 345 g/mol. The highest BCUT2D eigenvalue weighted by atomic mass is 15.2. The maximum Gasteiger partial charge on any atom is 0.195 e. The lowest BCUT2D eigenvalue weighted by Crippen LogP contribution is -2.41. The Morgan fingerprint density at radius 1 is 0.833 bits per heavy atom. The summed E-state index contributed by atoms with van der Waals surface area (Å²) in [4.78, 5) is 7.47. The minimum Gasteiger partial charge on any atom is -0.370 e. The fourth-order valence-corrected chi connectivity index (χ4v) is 0.397. The van der Waals surface area contributed by atoms with Crippen molar-refractivity contribution in [2.45, 2.75) is 42.0 Å². The summed E-state index contributed by atoms with van der Waals surface area (Å²) in [6.07, 6.45) is 1.25. The van der Waals surface area contributed by atoms with Crippen molar-refractivity contribution in [3.05, 3.63) is 0 Å². The molecule has 0 saturated carbocycles. The van der Waals surface area contributed by atoms with E-state index in [0.717, 1.165) is 0 Å². The molecule has 0 aliphatic heterocycles. The van der Waals surface area contributed by atoms with E-state index < -0.39 is 0 Å². The average Bonchev–Trinajstić information content (AvgIpc) is 2.42. The first kappa shape index (κ1) is 42.8. The van der Waals surface area contributed by atoms with Gasteiger partial charge in [0.2, 0.25) is 0 Å². The minimum atomic E-state index is 0. The third-order valence-electron chi connectivity index (χ3n) is 0.826. The molecule has 11 N–H and O–H groups in total. The number of nitrogens with two attached hydrogens (primary N) is 2. The second-order valence-corrected chi connectivity index (χ2v) is 2.68. The summed E-state index contributed by atoms with van der Waals surface area (Å²) in [6.45, 7) is 6.77. The predicted octanol–water partition coefficient (Wildman–Crippen LogP) is 2.50. The first-order valence-corrected chi connectivity index (χ1v) is 5.91. The molecule has 0 spiro atoms. The molecule has 11 heteroatoms. The molecule has 0 aromatic heterocycles. The Morgan fingerprint density at radius 3 is 1.25 bits per heavy atom. The predicted molar refractivity (Wildman–Crippen MR) is 104 cm³/mol. The Balaban J connectivity index is -0.0000000348. The van der Waals surface area contributed by atoms with Crippen LogP contribution in [0, 0.1) is 32.5 Å². The van der Waals surface area contributed by atoms with Gasteiger partial charge in [0.1, 0.15) is 0 Å². The third kappa shape index (κ3) is 175. The van der Waals surface area contributed by atoms with Gasteiger partial charge >= 0.3 is 0 Å². The molecule has 0 aromatic rings. The Kier molecular flexibility index (Phi) is 107. The standard InChI is InChI=1S/C5H13N5.C3H8.3CH2N2.2CH4/c1-3-9-5(7)10-4(6)8-2;1-3-2;3*2-1-3;;/h3H2,1-2H3,(H5,6,7,8,9,10);3H2,1-2H3;3*2-3H;2*1H4. The molecule has 0 radical (unpaired) electrons. The molecule has 11 nitrogen and oxygen atoms in total. The fourth-order valence-electron chi connectivity index (χ4n) is 0.397. The number of nitrogens with one attached hydrogen (secondary N) is 7. The van der Waals surface area contributed by atoms with E-state index in [4.69, 9.17) is 43.9 Å². The lowest BCUT2D eigenvalue weighted by atomic mass is 10.6. The van der Waals surface area contributed by atoms with E-state index in [2.05, 4.69) is 29.1 Å². The van der Waals surface area contributed by atoms with Crippen LogP contribution in [0.25, 0.3) is 0 Å². The SMILES string of the molecule is C.C.CCC.CCN=C(N)NC(N)=NC.N=C=N.N=C=N.N=C=N. The van der Waals surface area contributed by atoms with E-state index in [1.54, 1.807) is 7.05 Å². The van der Waals surface area contributed by atoms with E-state index >= 15 is 0 Å². The maximum absolute atomic E-state index is 5.62. The highest BCUT2D eigenvalue weighted by molar-refractivity contribution is 5.96. The normalized spacial score (nSPS) is 7.33. The van der Waals surface area contributed by atoms with Crippen molar-refractivity contribution in [3.63, 3.8) is 0 Å². The molecule has 0 heterocycles. The van der Waals surface area contributed by atoms with Crippen molar-refractivity contribution in [3.8, 4) is 0 Å². The zero-order valence-corrected chi connectivity index (χ0v) is 13.5. The van der Waals surface area contributed by atoms with Crippen molar-refractivity contribution >= 4 is 29.9 Å². The van der Waals surface area contributed by atoms with Gasteiger partial charge in [-0.1, -0.05) is 35.1 Å². The largest absolute Gasteiger partial charge is 0.370 e. The van der Waals surface area contributed by atoms with Gasteiger partial charge in [0, 0.05) is 13.6 Å². The number of guanidine groups is 2. The highest BCUT2D eigenvalue weighted by Gasteiger charge is 1.89. The summed E-state index contributed by atoms with van der Waals surface area (Å²) in [7, 11) is 1.57. The van der Waals surface area contributed by atoms with Crippen LogP contribution in [0.2, 0.25) is 0 Å². The fraction of sp³-hybridized carbons (Fsp3) is 0.615. The van der Waals surface area contributed by atoms with Gasteiger partial charge in [-0.05, 0) is 6.92 Å². The van der Waals surface area contributed by atoms with Crippen LogP contribution in [0.1, 0.15) is 42.0 Å². The summed E-state index contributed by atoms with van der Waals surface area (Å²) < 4.78 is 0. The first-order chi connectivity index (χ1) is 10.4. The van der Waals surface area contributed by atoms with Gasteiger partial charge in [0.25, 0.3) is 0 Å². The van der Waals surface area contributed by atoms with E-state index in [9.17, 15) is 0 Å². The van der Waals surface area contributed by atoms with Gasteiger partial charge in [-0.25, -0.2) is 32.5 Å². The first-order valence-electron chi connectivity index (χ1n) is 5.91. The Morgan fingerprint density at radius 2 is 1.08 bits per heavy atom. The van der Waals surface area contributed by atoms with Crippen molar-refractivity contribution in [1.82, 2.24) is 5.32 Å². The molecular weight excluding hydrogens is 310 g/mol. The van der Waals surface area contributed by atoms with E-state index in [1.807, 2.05) is 6.92 Å². The molecule has 0 unspecified atom stereocenters. The van der Waals surface area contributed by atoms with Gasteiger partial charge in [-0.3, -0.25) is 15.3 Å². The molecule has 0 fully saturated rings. The Bertz CT molecular complexity index is 339. The van der Waals surface area contributed by atoms with Crippen LogP contribution in [0.3, 0.4) is 0 Å². The third-order valence-corrected chi connectivity index (χ3v) is 0.826. The topological polar surface area (TPSA) is 232 Å².